The number of fused-ring (bicyclic) bond motifs is 10. The Morgan fingerprint density at radius 1 is 0.541 bits per heavy atom. The zero-order valence-corrected chi connectivity index (χ0v) is 43.0. The number of anilines is 2. The van der Waals surface area contributed by atoms with E-state index >= 15 is 0 Å². The molecule has 380 valence electrons. The third-order valence-electron chi connectivity index (χ3n) is 16.3. The molecule has 0 spiro atoms. The van der Waals surface area contributed by atoms with Crippen molar-refractivity contribution in [1.29, 1.82) is 0 Å². The quantitative estimate of drug-likeness (QED) is 0.224. The lowest BCUT2D eigenvalue weighted by atomic mass is 9.71. The first-order valence-electron chi connectivity index (χ1n) is 24.3. The Morgan fingerprint density at radius 2 is 0.973 bits per heavy atom. The van der Waals surface area contributed by atoms with E-state index in [2.05, 4.69) is 0 Å². The van der Waals surface area contributed by atoms with E-state index < -0.39 is 78.6 Å². The highest BCUT2D eigenvalue weighted by Crippen LogP contribution is 2.63. The molecule has 0 unspecified atom stereocenters. The monoisotopic (exact) mass is 1030 g/mol. The normalized spacial score (nSPS) is 28.8. The Labute approximate surface area is 429 Å². The van der Waals surface area contributed by atoms with Crippen molar-refractivity contribution < 1.29 is 46.2 Å². The largest absolute Gasteiger partial charge is 0.363 e. The minimum Gasteiger partial charge on any atom is -0.363 e. The van der Waals surface area contributed by atoms with Gasteiger partial charge in [0.2, 0.25) is 23.3 Å². The van der Waals surface area contributed by atoms with Gasteiger partial charge in [0, 0.05) is 20.5 Å². The van der Waals surface area contributed by atoms with Crippen LogP contribution in [0.25, 0.3) is 0 Å². The summed E-state index contributed by atoms with van der Waals surface area (Å²) in [6.07, 6.45) is -2.26. The van der Waals surface area contributed by atoms with Crippen LogP contribution in [0.1, 0.15) is 60.1 Å². The van der Waals surface area contributed by atoms with Crippen molar-refractivity contribution in [3.05, 3.63) is 191 Å². The summed E-state index contributed by atoms with van der Waals surface area (Å²) >= 11 is 0. The molecule has 8 atom stereocenters. The van der Waals surface area contributed by atoms with Crippen molar-refractivity contribution in [3.8, 4) is 0 Å². The Bertz CT molecular complexity index is 3550. The second kappa shape index (κ2) is 16.6. The van der Waals surface area contributed by atoms with Gasteiger partial charge in [0.25, 0.3) is 31.9 Å². The molecule has 0 radical (unpaired) electrons. The molecule has 4 fully saturated rings. The third kappa shape index (κ3) is 6.43. The first-order chi connectivity index (χ1) is 35.1. The summed E-state index contributed by atoms with van der Waals surface area (Å²) < 4.78 is 59.7. The Kier molecular flexibility index (Phi) is 10.9. The van der Waals surface area contributed by atoms with E-state index in [0.29, 0.717) is 28.9 Å². The van der Waals surface area contributed by atoms with Crippen LogP contribution in [-0.4, -0.2) is 120 Å². The lowest BCUT2D eigenvalue weighted by Gasteiger charge is -2.50. The van der Waals surface area contributed by atoms with Gasteiger partial charge < -0.3 is 24.9 Å². The molecule has 12 rings (SSSR count). The van der Waals surface area contributed by atoms with Crippen LogP contribution in [0, 0.1) is 13.8 Å². The number of hydrogen-bond acceptors (Lipinski definition) is 10. The van der Waals surface area contributed by atoms with Crippen molar-refractivity contribution in [2.45, 2.75) is 97.0 Å². The Morgan fingerprint density at radius 3 is 1.47 bits per heavy atom. The number of piperazine rings is 2. The average molecular weight is 1040 g/mol. The van der Waals surface area contributed by atoms with Gasteiger partial charge in [0.1, 0.15) is 24.4 Å². The SMILES string of the molecule is Cc1ccc([C@]23C[C@@]4(O)C(=O)N(C)[C@](C)(O)C(=O)N4[C@H]2N(S(=O)(=O)c2ccccc2)c2ccccc23)cc1.Cc1ccc([C@]23C[C@H]4C(=O)N(C)[C@@H](C)C(=O)N4[C@H]2N(S(=O)(=O)c2ccccc2)c2ccccc23)cc1. The van der Waals surface area contributed by atoms with Gasteiger partial charge in [0.05, 0.1) is 32.0 Å². The number of rotatable bonds is 6. The van der Waals surface area contributed by atoms with Gasteiger partial charge in [0.15, 0.2) is 0 Å². The van der Waals surface area contributed by atoms with Crippen LogP contribution in [0.15, 0.2) is 168 Å². The Balaban J connectivity index is 0.000000159. The van der Waals surface area contributed by atoms with Crippen LogP contribution in [0.2, 0.25) is 0 Å². The zero-order valence-electron chi connectivity index (χ0n) is 41.4. The molecule has 4 saturated heterocycles. The molecule has 2 N–H and O–H groups in total. The fourth-order valence-electron chi connectivity index (χ4n) is 12.4. The van der Waals surface area contributed by atoms with Crippen molar-refractivity contribution >= 4 is 55.1 Å². The van der Waals surface area contributed by atoms with Crippen LogP contribution in [0.5, 0.6) is 0 Å². The molecule has 18 heteroatoms. The van der Waals surface area contributed by atoms with E-state index in [9.17, 15) is 46.2 Å². The molecule has 74 heavy (non-hydrogen) atoms. The van der Waals surface area contributed by atoms with E-state index in [1.807, 2.05) is 80.6 Å². The molecule has 6 aliphatic rings. The minimum absolute atomic E-state index is 0.00962. The summed E-state index contributed by atoms with van der Waals surface area (Å²) in [6.45, 7) is 6.77. The summed E-state index contributed by atoms with van der Waals surface area (Å²) in [5, 5.41) is 23.1. The second-order valence-corrected chi connectivity index (χ2v) is 24.0. The Hall–Kier alpha value is -7.38. The number of aryl methyl sites for hydroxylation is 2. The molecule has 0 aromatic heterocycles. The second-order valence-electron chi connectivity index (χ2n) is 20.3. The highest BCUT2D eigenvalue weighted by Gasteiger charge is 2.76. The van der Waals surface area contributed by atoms with Gasteiger partial charge in [-0.25, -0.2) is 25.4 Å². The summed E-state index contributed by atoms with van der Waals surface area (Å²) in [7, 11) is -5.49. The van der Waals surface area contributed by atoms with Crippen LogP contribution < -0.4 is 8.61 Å². The molecule has 6 aliphatic heterocycles. The summed E-state index contributed by atoms with van der Waals surface area (Å²) in [5.74, 6) is -2.28. The highest BCUT2D eigenvalue weighted by molar-refractivity contribution is 7.93. The smallest absolute Gasteiger partial charge is 0.280 e. The van der Waals surface area contributed by atoms with E-state index in [1.54, 1.807) is 97.7 Å². The van der Waals surface area contributed by atoms with E-state index in [1.165, 1.54) is 28.4 Å². The third-order valence-corrected chi connectivity index (χ3v) is 19.9. The minimum atomic E-state index is -4.31. The number of carbonyl (C=O) groups is 4. The van der Waals surface area contributed by atoms with Crippen molar-refractivity contribution in [1.82, 2.24) is 19.6 Å². The summed E-state index contributed by atoms with van der Waals surface area (Å²) in [4.78, 5) is 59.8. The average Bonchev–Trinajstić information content (AvgIpc) is 4.09. The number of aliphatic hydroxyl groups is 2. The van der Waals surface area contributed by atoms with Crippen molar-refractivity contribution in [3.63, 3.8) is 0 Å². The molecule has 6 aromatic rings. The maximum Gasteiger partial charge on any atom is 0.280 e. The topological polar surface area (TPSA) is 196 Å². The molecule has 0 bridgehead atoms. The molecular weight excluding hydrogens is 981 g/mol. The highest BCUT2D eigenvalue weighted by atomic mass is 32.2. The van der Waals surface area contributed by atoms with Gasteiger partial charge in [-0.1, -0.05) is 132 Å². The summed E-state index contributed by atoms with van der Waals surface area (Å²) in [5.41, 5.74) is -1.11. The van der Waals surface area contributed by atoms with Crippen molar-refractivity contribution in [2.75, 3.05) is 22.7 Å². The molecule has 0 aliphatic carbocycles. The lowest BCUT2D eigenvalue weighted by Crippen LogP contribution is -2.75. The number of hydrogen-bond donors (Lipinski definition) is 2. The zero-order chi connectivity index (χ0) is 52.7. The number of nitrogens with zero attached hydrogens (tertiary/aromatic N) is 6. The first kappa shape index (κ1) is 48.9. The number of para-hydroxylation sites is 2. The predicted octanol–water partition coefficient (Wildman–Crippen LogP) is 5.20. The molecule has 16 nitrogen and oxygen atoms in total. The maximum atomic E-state index is 14.3. The predicted molar refractivity (Wildman–Crippen MR) is 274 cm³/mol. The molecule has 6 aromatic carbocycles. The van der Waals surface area contributed by atoms with Crippen LogP contribution in [0.3, 0.4) is 0 Å². The number of likely N-dealkylation sites (N-methyl/N-ethyl adjacent to an activating group) is 2. The molecule has 6 heterocycles. The molecular formula is C56H54N6O10S2. The number of amides is 4. The van der Waals surface area contributed by atoms with Gasteiger partial charge in [-0.15, -0.1) is 0 Å². The molecule has 4 amide bonds. The van der Waals surface area contributed by atoms with E-state index in [-0.39, 0.29) is 28.0 Å². The van der Waals surface area contributed by atoms with Gasteiger partial charge in [-0.3, -0.25) is 24.1 Å². The number of benzene rings is 6. The standard InChI is InChI=1S/C28H27N3O6S.C28H27N3O4S/c1-18-13-15-19(16-14-18)27-17-28(35)25(33)29(3)26(2,34)24(32)30(28)23(27)31(22-12-8-7-11-21(22)27)38(36,37)20-9-5-4-6-10-20;1-18-13-15-20(16-14-18)28-17-24-26(33)29(3)19(2)25(32)30(24)27(28)31(23-12-8-7-11-22(23)28)36(34,35)21-9-5-4-6-10-21/h4-16,23,34-35H,17H2,1-3H3;4-16,19,24,27H,17H2,1-3H3/t23-,26+,27-,28+;19-,24-,27-,28-/m00/s1. The summed E-state index contributed by atoms with van der Waals surface area (Å²) in [6, 6.07) is 44.3. The van der Waals surface area contributed by atoms with Gasteiger partial charge in [-0.05, 0) is 92.8 Å². The fourth-order valence-corrected chi connectivity index (χ4v) is 15.8. The number of sulfonamides is 2. The van der Waals surface area contributed by atoms with E-state index in [4.69, 9.17) is 0 Å². The van der Waals surface area contributed by atoms with E-state index in [0.717, 1.165) is 43.3 Å². The van der Waals surface area contributed by atoms with Gasteiger partial charge >= 0.3 is 0 Å². The fraction of sp³-hybridized carbons (Fsp3) is 0.286. The van der Waals surface area contributed by atoms with Gasteiger partial charge in [-0.2, -0.15) is 0 Å². The molecule has 0 saturated carbocycles. The first-order valence-corrected chi connectivity index (χ1v) is 27.1. The van der Waals surface area contributed by atoms with Crippen LogP contribution in [0.4, 0.5) is 11.4 Å². The van der Waals surface area contributed by atoms with Crippen molar-refractivity contribution in [2.24, 2.45) is 0 Å². The van der Waals surface area contributed by atoms with Crippen LogP contribution >= 0.6 is 0 Å². The number of carbonyl (C=O) groups excluding carboxylic acids is 4. The van der Waals surface area contributed by atoms with Crippen LogP contribution in [-0.2, 0) is 50.1 Å². The maximum absolute atomic E-state index is 14.3. The lowest BCUT2D eigenvalue weighted by molar-refractivity contribution is -0.224.